The zero-order valence-electron chi connectivity index (χ0n) is 12.5. The minimum absolute atomic E-state index is 0.0585. The lowest BCUT2D eigenvalue weighted by Crippen LogP contribution is -2.28. The molecule has 122 valence electrons. The minimum atomic E-state index is -0.457. The Morgan fingerprint density at radius 1 is 1.09 bits per heavy atom. The number of anilines is 3. The van der Waals surface area contributed by atoms with Gasteiger partial charge in [-0.05, 0) is 43.9 Å². The van der Waals surface area contributed by atoms with Crippen LogP contribution in [-0.2, 0) is 0 Å². The lowest BCUT2D eigenvalue weighted by molar-refractivity contribution is 0.126. The summed E-state index contributed by atoms with van der Waals surface area (Å²) in [6, 6.07) is 6.51. The second-order valence-electron chi connectivity index (χ2n) is 5.69. The Labute approximate surface area is 138 Å². The van der Waals surface area contributed by atoms with Gasteiger partial charge in [0.25, 0.3) is 0 Å². The predicted molar refractivity (Wildman–Crippen MR) is 88.6 cm³/mol. The molecule has 23 heavy (non-hydrogen) atoms. The minimum Gasteiger partial charge on any atom is -0.393 e. The monoisotopic (exact) mass is 336 g/mol. The SMILES string of the molecule is OC1CCC(Nc2cc(Nc3ccc(F)c(Cl)c3)ncn2)CC1. The van der Waals surface area contributed by atoms with E-state index in [1.807, 2.05) is 0 Å². The van der Waals surface area contributed by atoms with Gasteiger partial charge in [-0.2, -0.15) is 0 Å². The number of aromatic nitrogens is 2. The molecule has 2 aromatic rings. The Morgan fingerprint density at radius 2 is 1.83 bits per heavy atom. The first-order chi connectivity index (χ1) is 11.1. The average molecular weight is 337 g/mol. The van der Waals surface area contributed by atoms with E-state index in [4.69, 9.17) is 11.6 Å². The van der Waals surface area contributed by atoms with E-state index < -0.39 is 5.82 Å². The highest BCUT2D eigenvalue weighted by molar-refractivity contribution is 6.31. The summed E-state index contributed by atoms with van der Waals surface area (Å²) in [5.74, 6) is 0.861. The van der Waals surface area contributed by atoms with Crippen LogP contribution in [0.4, 0.5) is 21.7 Å². The molecule has 1 aliphatic rings. The summed E-state index contributed by atoms with van der Waals surface area (Å²) in [6.45, 7) is 0. The fraction of sp³-hybridized carbons (Fsp3) is 0.375. The summed E-state index contributed by atoms with van der Waals surface area (Å²) in [5, 5.41) is 16.0. The van der Waals surface area contributed by atoms with Crippen LogP contribution in [0.3, 0.4) is 0 Å². The highest BCUT2D eigenvalue weighted by Crippen LogP contribution is 2.24. The lowest BCUT2D eigenvalue weighted by atomic mass is 9.93. The summed E-state index contributed by atoms with van der Waals surface area (Å²) < 4.78 is 13.2. The van der Waals surface area contributed by atoms with Gasteiger partial charge < -0.3 is 15.7 Å². The van der Waals surface area contributed by atoms with Gasteiger partial charge in [-0.25, -0.2) is 14.4 Å². The number of nitrogens with zero attached hydrogens (tertiary/aromatic N) is 2. The van der Waals surface area contributed by atoms with Crippen molar-refractivity contribution in [3.8, 4) is 0 Å². The van der Waals surface area contributed by atoms with Crippen molar-refractivity contribution in [1.82, 2.24) is 9.97 Å². The van der Waals surface area contributed by atoms with Crippen LogP contribution < -0.4 is 10.6 Å². The number of hydrogen-bond acceptors (Lipinski definition) is 5. The molecule has 0 radical (unpaired) electrons. The largest absolute Gasteiger partial charge is 0.393 e. The predicted octanol–water partition coefficient (Wildman–Crippen LogP) is 3.73. The molecule has 7 heteroatoms. The molecule has 0 bridgehead atoms. The van der Waals surface area contributed by atoms with Crippen LogP contribution >= 0.6 is 11.6 Å². The van der Waals surface area contributed by atoms with Crippen molar-refractivity contribution in [2.45, 2.75) is 37.8 Å². The molecule has 3 N–H and O–H groups in total. The number of aliphatic hydroxyl groups excluding tert-OH is 1. The standard InChI is InChI=1S/C16H18ClFN4O/c17-13-7-11(3-6-14(13)18)22-16-8-15(19-9-20-16)21-10-1-4-12(23)5-2-10/h3,6-10,12,23H,1-2,4-5H2,(H2,19,20,21,22). The van der Waals surface area contributed by atoms with E-state index in [-0.39, 0.29) is 11.1 Å². The smallest absolute Gasteiger partial charge is 0.141 e. The van der Waals surface area contributed by atoms with Crippen LogP contribution in [0, 0.1) is 5.82 Å². The van der Waals surface area contributed by atoms with E-state index >= 15 is 0 Å². The van der Waals surface area contributed by atoms with Gasteiger partial charge >= 0.3 is 0 Å². The van der Waals surface area contributed by atoms with Gasteiger partial charge in [-0.3, -0.25) is 0 Å². The Bertz CT molecular complexity index is 677. The molecule has 0 atom stereocenters. The summed E-state index contributed by atoms with van der Waals surface area (Å²) in [5.41, 5.74) is 0.654. The van der Waals surface area contributed by atoms with Crippen molar-refractivity contribution in [3.05, 3.63) is 41.4 Å². The third kappa shape index (κ3) is 4.30. The highest BCUT2D eigenvalue weighted by Gasteiger charge is 2.19. The van der Waals surface area contributed by atoms with Gasteiger partial charge in [0.1, 0.15) is 23.8 Å². The van der Waals surface area contributed by atoms with E-state index in [1.165, 1.54) is 18.5 Å². The molecule has 3 rings (SSSR count). The molecular weight excluding hydrogens is 319 g/mol. The van der Waals surface area contributed by atoms with Gasteiger partial charge in [-0.1, -0.05) is 11.6 Å². The zero-order chi connectivity index (χ0) is 16.2. The molecule has 0 saturated heterocycles. The Hall–Kier alpha value is -1.92. The van der Waals surface area contributed by atoms with E-state index in [2.05, 4.69) is 20.6 Å². The zero-order valence-corrected chi connectivity index (χ0v) is 13.2. The maximum Gasteiger partial charge on any atom is 0.141 e. The van der Waals surface area contributed by atoms with Crippen molar-refractivity contribution in [2.75, 3.05) is 10.6 Å². The molecule has 0 unspecified atom stereocenters. The third-order valence-corrected chi connectivity index (χ3v) is 4.20. The van der Waals surface area contributed by atoms with Crippen molar-refractivity contribution < 1.29 is 9.50 Å². The maximum absolute atomic E-state index is 13.2. The molecule has 5 nitrogen and oxygen atoms in total. The second-order valence-corrected chi connectivity index (χ2v) is 6.10. The molecule has 1 aliphatic carbocycles. The quantitative estimate of drug-likeness (QED) is 0.793. The molecule has 1 aromatic carbocycles. The third-order valence-electron chi connectivity index (χ3n) is 3.91. The Kier molecular flexibility index (Phi) is 4.93. The molecule has 0 aliphatic heterocycles. The van der Waals surface area contributed by atoms with Crippen LogP contribution in [0.25, 0.3) is 0 Å². The van der Waals surface area contributed by atoms with E-state index in [1.54, 1.807) is 12.1 Å². The fourth-order valence-electron chi connectivity index (χ4n) is 2.66. The van der Waals surface area contributed by atoms with Gasteiger partial charge in [0.05, 0.1) is 11.1 Å². The topological polar surface area (TPSA) is 70.1 Å². The van der Waals surface area contributed by atoms with E-state index in [9.17, 15) is 9.50 Å². The van der Waals surface area contributed by atoms with Crippen LogP contribution in [0.2, 0.25) is 5.02 Å². The van der Waals surface area contributed by atoms with Crippen molar-refractivity contribution in [2.24, 2.45) is 0 Å². The van der Waals surface area contributed by atoms with Crippen molar-refractivity contribution in [1.29, 1.82) is 0 Å². The molecule has 1 saturated carbocycles. The summed E-state index contributed by atoms with van der Waals surface area (Å²) in [4.78, 5) is 8.37. The van der Waals surface area contributed by atoms with Crippen molar-refractivity contribution in [3.63, 3.8) is 0 Å². The van der Waals surface area contributed by atoms with Crippen LogP contribution in [0.15, 0.2) is 30.6 Å². The molecule has 0 amide bonds. The Balaban J connectivity index is 1.66. The summed E-state index contributed by atoms with van der Waals surface area (Å²) >= 11 is 5.77. The first-order valence-corrected chi connectivity index (χ1v) is 7.96. The molecule has 1 heterocycles. The number of nitrogens with one attached hydrogen (secondary N) is 2. The summed E-state index contributed by atoms with van der Waals surface area (Å²) in [6.07, 6.45) is 4.74. The molecular formula is C16H18ClFN4O. The maximum atomic E-state index is 13.2. The normalized spacial score (nSPS) is 21.0. The van der Waals surface area contributed by atoms with E-state index in [0.717, 1.165) is 31.5 Å². The van der Waals surface area contributed by atoms with Crippen LogP contribution in [0.1, 0.15) is 25.7 Å². The van der Waals surface area contributed by atoms with Gasteiger partial charge in [0.15, 0.2) is 0 Å². The van der Waals surface area contributed by atoms with Crippen LogP contribution in [0.5, 0.6) is 0 Å². The molecule has 1 fully saturated rings. The van der Waals surface area contributed by atoms with Gasteiger partial charge in [0, 0.05) is 17.8 Å². The number of benzene rings is 1. The lowest BCUT2D eigenvalue weighted by Gasteiger charge is -2.26. The van der Waals surface area contributed by atoms with Gasteiger partial charge in [0.2, 0.25) is 0 Å². The summed E-state index contributed by atoms with van der Waals surface area (Å²) in [7, 11) is 0. The number of halogens is 2. The van der Waals surface area contributed by atoms with E-state index in [0.29, 0.717) is 17.5 Å². The Morgan fingerprint density at radius 3 is 2.57 bits per heavy atom. The fourth-order valence-corrected chi connectivity index (χ4v) is 2.84. The highest BCUT2D eigenvalue weighted by atomic mass is 35.5. The van der Waals surface area contributed by atoms with Gasteiger partial charge in [-0.15, -0.1) is 0 Å². The first kappa shape index (κ1) is 16.0. The molecule has 0 spiro atoms. The number of hydrogen-bond donors (Lipinski definition) is 3. The van der Waals surface area contributed by atoms with Crippen molar-refractivity contribution >= 4 is 28.9 Å². The number of rotatable bonds is 4. The first-order valence-electron chi connectivity index (χ1n) is 7.59. The van der Waals surface area contributed by atoms with Crippen LogP contribution in [-0.4, -0.2) is 27.2 Å². The molecule has 1 aromatic heterocycles. The average Bonchev–Trinajstić information content (AvgIpc) is 2.54. The number of aliphatic hydroxyl groups is 1. The second kappa shape index (κ2) is 7.10.